The van der Waals surface area contributed by atoms with E-state index in [-0.39, 0.29) is 29.8 Å². The maximum absolute atomic E-state index is 12.1. The molecule has 0 N–H and O–H groups in total. The van der Waals surface area contributed by atoms with Gasteiger partial charge in [0.05, 0.1) is 16.1 Å². The topological polar surface area (TPSA) is 133 Å². The summed E-state index contributed by atoms with van der Waals surface area (Å²) >= 11 is 0. The first kappa shape index (κ1) is 15.4. The summed E-state index contributed by atoms with van der Waals surface area (Å²) in [5, 5.41) is 19.9. The van der Waals surface area contributed by atoms with Gasteiger partial charge < -0.3 is 4.84 Å². The highest BCUT2D eigenvalue weighted by molar-refractivity contribution is 6.21. The molecule has 10 nitrogen and oxygen atoms in total. The van der Waals surface area contributed by atoms with Crippen molar-refractivity contribution in [2.75, 3.05) is 6.54 Å². The van der Waals surface area contributed by atoms with Gasteiger partial charge in [0.15, 0.2) is 0 Å². The molecule has 0 saturated heterocycles. The summed E-state index contributed by atoms with van der Waals surface area (Å²) in [6.07, 6.45) is -0.706. The Hall–Kier alpha value is -3.04. The first-order chi connectivity index (χ1) is 10.3. The minimum absolute atomic E-state index is 0.0398. The molecule has 2 rings (SSSR count). The molecule has 0 aromatic heterocycles. The summed E-state index contributed by atoms with van der Waals surface area (Å²) in [7, 11) is 0. The lowest BCUT2D eigenvalue weighted by Crippen LogP contribution is -2.33. The minimum Gasteiger partial charge on any atom is -0.311 e. The summed E-state index contributed by atoms with van der Waals surface area (Å²) in [5.41, 5.74) is -0.243. The van der Waals surface area contributed by atoms with Crippen molar-refractivity contribution in [3.05, 3.63) is 49.6 Å². The Bertz CT molecular complexity index is 673. The van der Waals surface area contributed by atoms with Crippen LogP contribution >= 0.6 is 0 Å². The van der Waals surface area contributed by atoms with Gasteiger partial charge in [-0.15, -0.1) is 10.1 Å². The number of hydrogen-bond acceptors (Lipinski definition) is 7. The fourth-order valence-corrected chi connectivity index (χ4v) is 2.11. The van der Waals surface area contributed by atoms with Crippen molar-refractivity contribution in [2.24, 2.45) is 0 Å². The van der Waals surface area contributed by atoms with Gasteiger partial charge in [-0.1, -0.05) is 0 Å². The van der Waals surface area contributed by atoms with E-state index >= 15 is 0 Å². The molecule has 1 aromatic carbocycles. The molecular weight excluding hydrogens is 298 g/mol. The largest absolute Gasteiger partial charge is 0.311 e. The Kier molecular flexibility index (Phi) is 4.02. The van der Waals surface area contributed by atoms with E-state index in [1.165, 1.54) is 13.0 Å². The van der Waals surface area contributed by atoms with Crippen LogP contribution in [-0.4, -0.2) is 39.4 Å². The number of imide groups is 1. The number of nitrogens with zero attached hydrogens (tertiary/aromatic N) is 3. The molecule has 1 unspecified atom stereocenters. The van der Waals surface area contributed by atoms with Gasteiger partial charge in [0, 0.05) is 18.7 Å². The summed E-state index contributed by atoms with van der Waals surface area (Å²) in [6, 6.07) is 3.42. The Morgan fingerprint density at radius 1 is 1.18 bits per heavy atom. The van der Waals surface area contributed by atoms with Gasteiger partial charge >= 0.3 is 0 Å². The quantitative estimate of drug-likeness (QED) is 0.437. The number of amides is 2. The van der Waals surface area contributed by atoms with Crippen molar-refractivity contribution in [2.45, 2.75) is 19.4 Å². The van der Waals surface area contributed by atoms with Crippen LogP contribution in [0.3, 0.4) is 0 Å². The van der Waals surface area contributed by atoms with Crippen LogP contribution < -0.4 is 0 Å². The average Bonchev–Trinajstić information content (AvgIpc) is 2.67. The fraction of sp³-hybridized carbons (Fsp3) is 0.333. The third kappa shape index (κ3) is 2.85. The van der Waals surface area contributed by atoms with Gasteiger partial charge in [-0.2, -0.15) is 0 Å². The fourth-order valence-electron chi connectivity index (χ4n) is 2.11. The van der Waals surface area contributed by atoms with Crippen molar-refractivity contribution in [1.82, 2.24) is 4.90 Å². The van der Waals surface area contributed by atoms with Crippen LogP contribution in [0.5, 0.6) is 0 Å². The second-order valence-electron chi connectivity index (χ2n) is 4.68. The number of carbonyl (C=O) groups excluding carboxylic acids is 2. The van der Waals surface area contributed by atoms with E-state index in [4.69, 9.17) is 0 Å². The van der Waals surface area contributed by atoms with E-state index in [1.54, 1.807) is 0 Å². The number of carbonyl (C=O) groups is 2. The second kappa shape index (κ2) is 5.76. The highest BCUT2D eigenvalue weighted by atomic mass is 17.0. The predicted octanol–water partition coefficient (Wildman–Crippen LogP) is 1.18. The third-order valence-electron chi connectivity index (χ3n) is 3.19. The number of nitro benzene ring substituents is 1. The van der Waals surface area contributed by atoms with Crippen LogP contribution in [0.15, 0.2) is 18.2 Å². The Labute approximate surface area is 123 Å². The molecule has 1 aliphatic heterocycles. The van der Waals surface area contributed by atoms with Crippen molar-refractivity contribution in [1.29, 1.82) is 0 Å². The van der Waals surface area contributed by atoms with Crippen molar-refractivity contribution in [3.8, 4) is 0 Å². The van der Waals surface area contributed by atoms with Gasteiger partial charge in [-0.05, 0) is 19.4 Å². The molecule has 2 amide bonds. The molecule has 1 aromatic rings. The zero-order valence-corrected chi connectivity index (χ0v) is 11.4. The number of non-ortho nitro benzene ring substituents is 1. The van der Waals surface area contributed by atoms with E-state index < -0.39 is 27.9 Å². The number of rotatable bonds is 6. The standard InChI is InChI=1S/C12H11N3O7/c1-7(22-15(20)21)4-5-13-11(16)9-3-2-8(14(18)19)6-10(9)12(13)17/h2-3,6-7H,4-5H2,1H3. The van der Waals surface area contributed by atoms with E-state index in [9.17, 15) is 29.8 Å². The summed E-state index contributed by atoms with van der Waals surface area (Å²) in [5.74, 6) is -1.24. The normalized spacial score (nSPS) is 14.7. The molecule has 0 aliphatic carbocycles. The molecule has 0 spiro atoms. The van der Waals surface area contributed by atoms with Crippen molar-refractivity contribution >= 4 is 17.5 Å². The Morgan fingerprint density at radius 3 is 2.41 bits per heavy atom. The molecule has 0 bridgehead atoms. The van der Waals surface area contributed by atoms with Gasteiger partial charge in [0.25, 0.3) is 22.6 Å². The van der Waals surface area contributed by atoms with Crippen LogP contribution in [0.2, 0.25) is 0 Å². The number of nitro groups is 1. The molecular formula is C12H11N3O7. The predicted molar refractivity (Wildman–Crippen MR) is 70.6 cm³/mol. The van der Waals surface area contributed by atoms with Crippen molar-refractivity contribution < 1.29 is 24.4 Å². The lowest BCUT2D eigenvalue weighted by atomic mass is 10.1. The van der Waals surface area contributed by atoms with Crippen molar-refractivity contribution in [3.63, 3.8) is 0 Å². The average molecular weight is 309 g/mol. The van der Waals surface area contributed by atoms with Crippen LogP contribution in [-0.2, 0) is 4.84 Å². The first-order valence-corrected chi connectivity index (χ1v) is 6.27. The molecule has 0 saturated carbocycles. The molecule has 0 fully saturated rings. The zero-order chi connectivity index (χ0) is 16.4. The number of benzene rings is 1. The van der Waals surface area contributed by atoms with Gasteiger partial charge in [0.1, 0.15) is 6.10 Å². The molecule has 1 atom stereocenters. The van der Waals surface area contributed by atoms with Gasteiger partial charge in [-0.25, -0.2) is 0 Å². The van der Waals surface area contributed by atoms with E-state index in [0.717, 1.165) is 17.0 Å². The van der Waals surface area contributed by atoms with Gasteiger partial charge in [-0.3, -0.25) is 24.6 Å². The molecule has 116 valence electrons. The lowest BCUT2D eigenvalue weighted by molar-refractivity contribution is -0.767. The van der Waals surface area contributed by atoms with Crippen LogP contribution in [0.1, 0.15) is 34.1 Å². The first-order valence-electron chi connectivity index (χ1n) is 6.27. The minimum atomic E-state index is -0.948. The smallest absolute Gasteiger partial charge is 0.294 e. The molecule has 22 heavy (non-hydrogen) atoms. The highest BCUT2D eigenvalue weighted by Gasteiger charge is 2.36. The van der Waals surface area contributed by atoms with Crippen LogP contribution in [0, 0.1) is 20.2 Å². The molecule has 1 aliphatic rings. The van der Waals surface area contributed by atoms with E-state index in [0.29, 0.717) is 0 Å². The molecule has 0 radical (unpaired) electrons. The Balaban J connectivity index is 2.13. The van der Waals surface area contributed by atoms with Crippen LogP contribution in [0.25, 0.3) is 0 Å². The highest BCUT2D eigenvalue weighted by Crippen LogP contribution is 2.27. The van der Waals surface area contributed by atoms with E-state index in [2.05, 4.69) is 4.84 Å². The summed E-state index contributed by atoms with van der Waals surface area (Å²) in [6.45, 7) is 1.36. The molecule has 1 heterocycles. The van der Waals surface area contributed by atoms with Crippen LogP contribution in [0.4, 0.5) is 5.69 Å². The van der Waals surface area contributed by atoms with Gasteiger partial charge in [0.2, 0.25) is 0 Å². The maximum Gasteiger partial charge on any atom is 0.294 e. The monoisotopic (exact) mass is 309 g/mol. The molecule has 10 heteroatoms. The number of fused-ring (bicyclic) bond motifs is 1. The third-order valence-corrected chi connectivity index (χ3v) is 3.19. The Morgan fingerprint density at radius 2 is 1.82 bits per heavy atom. The lowest BCUT2D eigenvalue weighted by Gasteiger charge is -2.16. The summed E-state index contributed by atoms with van der Waals surface area (Å²) < 4.78 is 0. The second-order valence-corrected chi connectivity index (χ2v) is 4.68. The maximum atomic E-state index is 12.1. The number of hydrogen-bond donors (Lipinski definition) is 0. The zero-order valence-electron chi connectivity index (χ0n) is 11.4. The van der Waals surface area contributed by atoms with E-state index in [1.807, 2.05) is 0 Å². The summed E-state index contributed by atoms with van der Waals surface area (Å²) in [4.78, 5) is 49.6. The SMILES string of the molecule is CC(CCN1C(=O)c2ccc([N+](=O)[O-])cc2C1=O)O[N+](=O)[O-].